The predicted molar refractivity (Wildman–Crippen MR) is 62.4 cm³/mol. The highest BCUT2D eigenvalue weighted by Crippen LogP contribution is 2.09. The van der Waals surface area contributed by atoms with Crippen molar-refractivity contribution in [1.29, 1.82) is 0 Å². The first kappa shape index (κ1) is 11.7. The van der Waals surface area contributed by atoms with Gasteiger partial charge in [-0.05, 0) is 6.92 Å². The number of nitrogens with zero attached hydrogens (tertiary/aromatic N) is 2. The zero-order valence-electron chi connectivity index (χ0n) is 9.27. The van der Waals surface area contributed by atoms with Crippen molar-refractivity contribution < 1.29 is 9.21 Å². The van der Waals surface area contributed by atoms with Crippen LogP contribution < -0.4 is 11.1 Å². The second-order valence-corrected chi connectivity index (χ2v) is 4.32. The zero-order chi connectivity index (χ0) is 12.3. The lowest BCUT2D eigenvalue weighted by molar-refractivity contribution is 0.0942. The molecule has 0 radical (unpaired) electrons. The lowest BCUT2D eigenvalue weighted by Gasteiger charge is -1.98. The van der Waals surface area contributed by atoms with Crippen LogP contribution in [-0.2, 0) is 13.1 Å². The largest absolute Gasteiger partial charge is 0.444 e. The van der Waals surface area contributed by atoms with Gasteiger partial charge in [0.15, 0.2) is 0 Å². The Hall–Kier alpha value is -1.73. The topological polar surface area (TPSA) is 94.0 Å². The number of nitrogens with one attached hydrogen (secondary N) is 1. The first-order chi connectivity index (χ1) is 8.19. The Kier molecular flexibility index (Phi) is 3.50. The van der Waals surface area contributed by atoms with Gasteiger partial charge in [0.25, 0.3) is 5.91 Å². The highest BCUT2D eigenvalue weighted by molar-refractivity contribution is 7.09. The van der Waals surface area contributed by atoms with E-state index in [1.165, 1.54) is 11.3 Å². The zero-order valence-corrected chi connectivity index (χ0v) is 10.1. The molecule has 0 aliphatic carbocycles. The van der Waals surface area contributed by atoms with Crippen LogP contribution in [0.1, 0.15) is 27.1 Å². The van der Waals surface area contributed by atoms with Crippen LogP contribution in [-0.4, -0.2) is 15.9 Å². The fraction of sp³-hybridized carbons (Fsp3) is 0.300. The minimum Gasteiger partial charge on any atom is -0.444 e. The first-order valence-electron chi connectivity index (χ1n) is 5.03. The molecule has 2 heterocycles. The Morgan fingerprint density at radius 2 is 2.47 bits per heavy atom. The third kappa shape index (κ3) is 2.89. The van der Waals surface area contributed by atoms with E-state index in [1.54, 1.807) is 18.5 Å². The summed E-state index contributed by atoms with van der Waals surface area (Å²) in [4.78, 5) is 19.7. The monoisotopic (exact) mass is 252 g/mol. The highest BCUT2D eigenvalue weighted by atomic mass is 32.1. The maximum absolute atomic E-state index is 11.7. The molecule has 0 unspecified atom stereocenters. The number of thiazole rings is 1. The van der Waals surface area contributed by atoms with Crippen LogP contribution in [0.2, 0.25) is 0 Å². The van der Waals surface area contributed by atoms with E-state index in [-0.39, 0.29) is 12.5 Å². The average molecular weight is 252 g/mol. The van der Waals surface area contributed by atoms with Crippen LogP contribution in [0, 0.1) is 6.92 Å². The summed E-state index contributed by atoms with van der Waals surface area (Å²) in [7, 11) is 0. The Morgan fingerprint density at radius 3 is 3.06 bits per heavy atom. The molecule has 0 spiro atoms. The van der Waals surface area contributed by atoms with Crippen LogP contribution in [0.15, 0.2) is 16.0 Å². The van der Waals surface area contributed by atoms with Crippen molar-refractivity contribution in [3.05, 3.63) is 33.9 Å². The second-order valence-electron chi connectivity index (χ2n) is 3.38. The van der Waals surface area contributed by atoms with Crippen molar-refractivity contribution in [3.63, 3.8) is 0 Å². The van der Waals surface area contributed by atoms with E-state index in [0.29, 0.717) is 23.9 Å². The van der Waals surface area contributed by atoms with E-state index in [4.69, 9.17) is 10.2 Å². The van der Waals surface area contributed by atoms with E-state index in [2.05, 4.69) is 15.3 Å². The smallest absolute Gasteiger partial charge is 0.271 e. The van der Waals surface area contributed by atoms with Crippen molar-refractivity contribution in [3.8, 4) is 0 Å². The van der Waals surface area contributed by atoms with Gasteiger partial charge in [0.1, 0.15) is 16.5 Å². The molecule has 2 aromatic rings. The van der Waals surface area contributed by atoms with Crippen LogP contribution in [0.25, 0.3) is 0 Å². The molecule has 0 aromatic carbocycles. The third-order valence-electron chi connectivity index (χ3n) is 2.03. The number of aryl methyl sites for hydroxylation is 1. The van der Waals surface area contributed by atoms with Gasteiger partial charge in [0, 0.05) is 11.9 Å². The quantitative estimate of drug-likeness (QED) is 0.840. The number of aromatic nitrogens is 2. The maximum Gasteiger partial charge on any atom is 0.271 e. The summed E-state index contributed by atoms with van der Waals surface area (Å²) in [5.74, 6) is 0.940. The number of amides is 1. The molecule has 3 N–H and O–H groups in total. The van der Waals surface area contributed by atoms with Crippen LogP contribution in [0.4, 0.5) is 0 Å². The number of hydrogen-bond donors (Lipinski definition) is 2. The number of rotatable bonds is 4. The summed E-state index contributed by atoms with van der Waals surface area (Å²) >= 11 is 1.37. The number of nitrogens with two attached hydrogens (primary N) is 1. The summed E-state index contributed by atoms with van der Waals surface area (Å²) in [5, 5.41) is 5.09. The number of hydrogen-bond acceptors (Lipinski definition) is 6. The van der Waals surface area contributed by atoms with Crippen LogP contribution >= 0.6 is 11.3 Å². The minimum atomic E-state index is -0.253. The van der Waals surface area contributed by atoms with Crippen LogP contribution in [0.5, 0.6) is 0 Å². The Balaban J connectivity index is 1.93. The van der Waals surface area contributed by atoms with E-state index >= 15 is 0 Å². The standard InChI is InChI=1S/C10H12N4O2S/c1-6-3-12-8(16-6)4-13-10(15)7-5-17-9(2-11)14-7/h3,5H,2,4,11H2,1H3,(H,13,15). The van der Waals surface area contributed by atoms with Gasteiger partial charge in [-0.3, -0.25) is 4.79 Å². The van der Waals surface area contributed by atoms with Gasteiger partial charge in [-0.25, -0.2) is 9.97 Å². The number of oxazole rings is 1. The maximum atomic E-state index is 11.7. The molecular weight excluding hydrogens is 240 g/mol. The van der Waals surface area contributed by atoms with E-state index in [0.717, 1.165) is 5.01 Å². The normalized spacial score (nSPS) is 10.5. The molecule has 6 nitrogen and oxygen atoms in total. The fourth-order valence-electron chi connectivity index (χ4n) is 1.24. The van der Waals surface area contributed by atoms with Crippen molar-refractivity contribution in [1.82, 2.24) is 15.3 Å². The van der Waals surface area contributed by atoms with Crippen molar-refractivity contribution in [2.45, 2.75) is 20.0 Å². The lowest BCUT2D eigenvalue weighted by atomic mass is 10.4. The van der Waals surface area contributed by atoms with Crippen molar-refractivity contribution in [2.75, 3.05) is 0 Å². The molecule has 17 heavy (non-hydrogen) atoms. The van der Waals surface area contributed by atoms with Gasteiger partial charge in [-0.15, -0.1) is 11.3 Å². The minimum absolute atomic E-state index is 0.252. The molecule has 90 valence electrons. The molecule has 0 aliphatic rings. The summed E-state index contributed by atoms with van der Waals surface area (Å²) in [6.45, 7) is 2.39. The summed E-state index contributed by atoms with van der Waals surface area (Å²) < 4.78 is 5.23. The average Bonchev–Trinajstić information content (AvgIpc) is 2.94. The Labute approximate surface area is 102 Å². The fourth-order valence-corrected chi connectivity index (χ4v) is 1.89. The molecule has 2 aromatic heterocycles. The lowest BCUT2D eigenvalue weighted by Crippen LogP contribution is -2.23. The summed E-state index contributed by atoms with van der Waals surface area (Å²) in [5.41, 5.74) is 5.80. The van der Waals surface area contributed by atoms with Gasteiger partial charge in [-0.2, -0.15) is 0 Å². The highest BCUT2D eigenvalue weighted by Gasteiger charge is 2.10. The molecule has 0 aliphatic heterocycles. The summed E-state index contributed by atoms with van der Waals surface area (Å²) in [6.07, 6.45) is 1.61. The first-order valence-corrected chi connectivity index (χ1v) is 5.91. The molecule has 7 heteroatoms. The third-order valence-corrected chi connectivity index (χ3v) is 2.90. The second kappa shape index (κ2) is 5.07. The van der Waals surface area contributed by atoms with E-state index < -0.39 is 0 Å². The van der Waals surface area contributed by atoms with Gasteiger partial charge in [-0.1, -0.05) is 0 Å². The number of carbonyl (C=O) groups excluding carboxylic acids is 1. The molecule has 0 fully saturated rings. The molecule has 0 saturated carbocycles. The van der Waals surface area contributed by atoms with Crippen LogP contribution in [0.3, 0.4) is 0 Å². The molecule has 1 amide bonds. The molecule has 0 bridgehead atoms. The molecule has 0 saturated heterocycles. The van der Waals surface area contributed by atoms with Gasteiger partial charge >= 0.3 is 0 Å². The predicted octanol–water partition coefficient (Wildman–Crippen LogP) is 0.828. The molecule has 2 rings (SSSR count). The molecular formula is C10H12N4O2S. The van der Waals surface area contributed by atoms with E-state index in [1.807, 2.05) is 0 Å². The van der Waals surface area contributed by atoms with Crippen molar-refractivity contribution >= 4 is 17.2 Å². The number of carbonyl (C=O) groups is 1. The summed E-state index contributed by atoms with van der Waals surface area (Å²) in [6, 6.07) is 0. The van der Waals surface area contributed by atoms with Gasteiger partial charge in [0.05, 0.1) is 12.7 Å². The SMILES string of the molecule is Cc1cnc(CNC(=O)c2csc(CN)n2)o1. The van der Waals surface area contributed by atoms with Crippen molar-refractivity contribution in [2.24, 2.45) is 5.73 Å². The molecule has 0 atom stereocenters. The Morgan fingerprint density at radius 1 is 1.65 bits per heavy atom. The van der Waals surface area contributed by atoms with Gasteiger partial charge < -0.3 is 15.5 Å². The Bertz CT molecular complexity index is 520. The van der Waals surface area contributed by atoms with Gasteiger partial charge in [0.2, 0.25) is 5.89 Å². The van der Waals surface area contributed by atoms with E-state index in [9.17, 15) is 4.79 Å².